The normalized spacial score (nSPS) is 10.7. The molecule has 2 rings (SSSR count). The molecule has 0 radical (unpaired) electrons. The van der Waals surface area contributed by atoms with Gasteiger partial charge in [-0.3, -0.25) is 4.79 Å². The number of hydrogen-bond donors (Lipinski definition) is 2. The maximum absolute atomic E-state index is 11.9. The highest BCUT2D eigenvalue weighted by molar-refractivity contribution is 7.09. The fourth-order valence-corrected chi connectivity index (χ4v) is 3.27. The van der Waals surface area contributed by atoms with Crippen LogP contribution in [0.1, 0.15) is 41.0 Å². The molecule has 0 fully saturated rings. The van der Waals surface area contributed by atoms with E-state index in [1.54, 1.807) is 18.3 Å². The van der Waals surface area contributed by atoms with E-state index in [0.29, 0.717) is 25.1 Å². The lowest BCUT2D eigenvalue weighted by atomic mass is 10.1. The third-order valence-corrected chi connectivity index (χ3v) is 4.64. The Hall–Kier alpha value is -2.02. The summed E-state index contributed by atoms with van der Waals surface area (Å²) in [6.07, 6.45) is 2.65. The number of rotatable bonds is 7. The monoisotopic (exact) mass is 334 g/mol. The third-order valence-electron chi connectivity index (χ3n) is 3.68. The molecule has 0 saturated carbocycles. The molecule has 7 heteroatoms. The fourth-order valence-electron chi connectivity index (χ4n) is 2.39. The van der Waals surface area contributed by atoms with Crippen LogP contribution in [0.5, 0.6) is 0 Å². The molecule has 124 valence electrons. The molecular weight excluding hydrogens is 312 g/mol. The number of aromatic amines is 1. The maximum Gasteiger partial charge on any atom is 0.345 e. The number of aryl methyl sites for hydroxylation is 3. The van der Waals surface area contributed by atoms with Crippen molar-refractivity contribution in [3.8, 4) is 0 Å². The van der Waals surface area contributed by atoms with Crippen LogP contribution in [0, 0.1) is 13.8 Å². The molecule has 0 bridgehead atoms. The first-order chi connectivity index (χ1) is 11.0. The molecule has 0 aliphatic heterocycles. The number of carbonyl (C=O) groups is 1. The highest BCUT2D eigenvalue weighted by Gasteiger charge is 2.09. The highest BCUT2D eigenvalue weighted by Crippen LogP contribution is 2.11. The molecule has 0 aliphatic carbocycles. The summed E-state index contributed by atoms with van der Waals surface area (Å²) in [6.45, 7) is 6.30. The molecule has 2 aromatic rings. The number of nitrogens with zero attached hydrogens (tertiary/aromatic N) is 2. The van der Waals surface area contributed by atoms with Gasteiger partial charge >= 0.3 is 5.69 Å². The van der Waals surface area contributed by atoms with Crippen molar-refractivity contribution in [1.29, 1.82) is 0 Å². The van der Waals surface area contributed by atoms with E-state index in [2.05, 4.69) is 32.6 Å². The van der Waals surface area contributed by atoms with E-state index < -0.39 is 0 Å². The first kappa shape index (κ1) is 17.3. The summed E-state index contributed by atoms with van der Waals surface area (Å²) in [5, 5.41) is 6.03. The van der Waals surface area contributed by atoms with E-state index in [1.165, 1.54) is 0 Å². The lowest BCUT2D eigenvalue weighted by Crippen LogP contribution is -2.26. The van der Waals surface area contributed by atoms with Gasteiger partial charge in [-0.2, -0.15) is 4.98 Å². The Balaban J connectivity index is 1.78. The summed E-state index contributed by atoms with van der Waals surface area (Å²) in [7, 11) is 0. The van der Waals surface area contributed by atoms with Gasteiger partial charge < -0.3 is 10.3 Å². The van der Waals surface area contributed by atoms with Crippen molar-refractivity contribution < 1.29 is 4.79 Å². The zero-order chi connectivity index (χ0) is 16.8. The van der Waals surface area contributed by atoms with Crippen molar-refractivity contribution in [1.82, 2.24) is 20.3 Å². The summed E-state index contributed by atoms with van der Waals surface area (Å²) in [5.41, 5.74) is 3.17. The molecule has 0 aliphatic rings. The van der Waals surface area contributed by atoms with Crippen LogP contribution < -0.4 is 11.0 Å². The van der Waals surface area contributed by atoms with Gasteiger partial charge in [-0.1, -0.05) is 6.92 Å². The number of H-pyrrole nitrogens is 1. The van der Waals surface area contributed by atoms with Crippen LogP contribution in [0.4, 0.5) is 0 Å². The van der Waals surface area contributed by atoms with Crippen molar-refractivity contribution in [3.05, 3.63) is 43.5 Å². The first-order valence-electron chi connectivity index (χ1n) is 7.76. The zero-order valence-electron chi connectivity index (χ0n) is 13.7. The summed E-state index contributed by atoms with van der Waals surface area (Å²) < 4.78 is 0. The van der Waals surface area contributed by atoms with Crippen LogP contribution >= 0.6 is 11.3 Å². The lowest BCUT2D eigenvalue weighted by molar-refractivity contribution is -0.121. The number of nitrogens with one attached hydrogen (secondary N) is 2. The molecule has 0 unspecified atom stereocenters. The number of hydrogen-bond acceptors (Lipinski definition) is 5. The van der Waals surface area contributed by atoms with Crippen LogP contribution in [0.25, 0.3) is 0 Å². The molecule has 0 aromatic carbocycles. The SMILES string of the molecule is CCc1csc(CCNC(=O)CCc2c(C)nc(=O)[nH]c2C)n1. The van der Waals surface area contributed by atoms with Gasteiger partial charge in [0.15, 0.2) is 0 Å². The van der Waals surface area contributed by atoms with Crippen LogP contribution in [0.2, 0.25) is 0 Å². The minimum atomic E-state index is -0.344. The average molecular weight is 334 g/mol. The van der Waals surface area contributed by atoms with E-state index in [9.17, 15) is 9.59 Å². The Kier molecular flexibility index (Phi) is 6.04. The van der Waals surface area contributed by atoms with Crippen LogP contribution in [-0.4, -0.2) is 27.4 Å². The molecule has 23 heavy (non-hydrogen) atoms. The minimum Gasteiger partial charge on any atom is -0.356 e. The number of aromatic nitrogens is 3. The smallest absolute Gasteiger partial charge is 0.345 e. The Labute approximate surface area is 139 Å². The molecular formula is C16H22N4O2S. The van der Waals surface area contributed by atoms with Gasteiger partial charge in [-0.05, 0) is 32.3 Å². The van der Waals surface area contributed by atoms with Gasteiger partial charge in [0.1, 0.15) is 0 Å². The molecule has 2 heterocycles. The molecule has 0 saturated heterocycles. The fraction of sp³-hybridized carbons (Fsp3) is 0.500. The first-order valence-corrected chi connectivity index (χ1v) is 8.64. The Morgan fingerprint density at radius 2 is 2.09 bits per heavy atom. The highest BCUT2D eigenvalue weighted by atomic mass is 32.1. The number of thiazole rings is 1. The quantitative estimate of drug-likeness (QED) is 0.807. The van der Waals surface area contributed by atoms with Crippen molar-refractivity contribution in [3.63, 3.8) is 0 Å². The van der Waals surface area contributed by atoms with Crippen molar-refractivity contribution >= 4 is 17.2 Å². The standard InChI is InChI=1S/C16H22N4O2S/c1-4-12-9-23-15(20-12)7-8-17-14(21)6-5-13-10(2)18-16(22)19-11(13)3/h9H,4-8H2,1-3H3,(H,17,21)(H,18,19,22). The number of amides is 1. The van der Waals surface area contributed by atoms with Gasteiger partial charge in [0, 0.05) is 36.2 Å². The Morgan fingerprint density at radius 3 is 2.74 bits per heavy atom. The van der Waals surface area contributed by atoms with Crippen LogP contribution in [-0.2, 0) is 24.1 Å². The van der Waals surface area contributed by atoms with Crippen molar-refractivity contribution in [2.75, 3.05) is 6.54 Å². The zero-order valence-corrected chi connectivity index (χ0v) is 14.5. The third kappa shape index (κ3) is 4.99. The predicted octanol–water partition coefficient (Wildman–Crippen LogP) is 1.70. The summed E-state index contributed by atoms with van der Waals surface area (Å²) in [6, 6.07) is 0. The minimum absolute atomic E-state index is 0.00210. The lowest BCUT2D eigenvalue weighted by Gasteiger charge is -2.08. The van der Waals surface area contributed by atoms with E-state index in [-0.39, 0.29) is 11.6 Å². The van der Waals surface area contributed by atoms with Gasteiger partial charge in [0.05, 0.1) is 10.7 Å². The predicted molar refractivity (Wildman–Crippen MR) is 90.9 cm³/mol. The summed E-state index contributed by atoms with van der Waals surface area (Å²) >= 11 is 1.64. The Bertz CT molecular complexity index is 710. The number of carbonyl (C=O) groups excluding carboxylic acids is 1. The molecule has 2 aromatic heterocycles. The van der Waals surface area contributed by atoms with E-state index in [1.807, 2.05) is 6.92 Å². The largest absolute Gasteiger partial charge is 0.356 e. The van der Waals surface area contributed by atoms with Crippen molar-refractivity contribution in [2.45, 2.75) is 46.5 Å². The van der Waals surface area contributed by atoms with Gasteiger partial charge in [0.25, 0.3) is 0 Å². The van der Waals surface area contributed by atoms with E-state index >= 15 is 0 Å². The molecule has 0 spiro atoms. The second-order valence-electron chi connectivity index (χ2n) is 5.42. The summed E-state index contributed by atoms with van der Waals surface area (Å²) in [4.78, 5) is 34.2. The van der Waals surface area contributed by atoms with Crippen LogP contribution in [0.3, 0.4) is 0 Å². The van der Waals surface area contributed by atoms with Gasteiger partial charge in [0.2, 0.25) is 5.91 Å². The molecule has 2 N–H and O–H groups in total. The van der Waals surface area contributed by atoms with Gasteiger partial charge in [-0.25, -0.2) is 9.78 Å². The molecule has 0 atom stereocenters. The summed E-state index contributed by atoms with van der Waals surface area (Å²) in [5.74, 6) is 0.00210. The average Bonchev–Trinajstić information content (AvgIpc) is 2.94. The molecule has 1 amide bonds. The van der Waals surface area contributed by atoms with E-state index in [4.69, 9.17) is 0 Å². The maximum atomic E-state index is 11.9. The van der Waals surface area contributed by atoms with Crippen LogP contribution in [0.15, 0.2) is 10.2 Å². The van der Waals surface area contributed by atoms with E-state index in [0.717, 1.165) is 34.8 Å². The Morgan fingerprint density at radius 1 is 1.30 bits per heavy atom. The molecule has 6 nitrogen and oxygen atoms in total. The second kappa shape index (κ2) is 8.01. The van der Waals surface area contributed by atoms with Crippen molar-refractivity contribution in [2.24, 2.45) is 0 Å². The van der Waals surface area contributed by atoms with Gasteiger partial charge in [-0.15, -0.1) is 11.3 Å². The second-order valence-corrected chi connectivity index (χ2v) is 6.36. The topological polar surface area (TPSA) is 87.7 Å².